The highest BCUT2D eigenvalue weighted by atomic mass is 16.3. The molecular weight excluding hydrogens is 524 g/mol. The van der Waals surface area contributed by atoms with Gasteiger partial charge in [-0.05, 0) is 67.9 Å². The lowest BCUT2D eigenvalue weighted by Gasteiger charge is -2.29. The second-order valence-corrected chi connectivity index (χ2v) is 16.1. The highest BCUT2D eigenvalue weighted by molar-refractivity contribution is 6.11. The van der Waals surface area contributed by atoms with Crippen molar-refractivity contribution in [3.05, 3.63) is 57.6 Å². The number of hydrogen-bond acceptors (Lipinski definition) is 6. The summed E-state index contributed by atoms with van der Waals surface area (Å²) in [5.41, 5.74) is 14.6. The molecule has 6 nitrogen and oxygen atoms in total. The first-order chi connectivity index (χ1) is 18.8. The fourth-order valence-electron chi connectivity index (χ4n) is 5.31. The van der Waals surface area contributed by atoms with Crippen molar-refractivity contribution in [2.45, 2.75) is 136 Å². The minimum atomic E-state index is -1.77. The van der Waals surface area contributed by atoms with Crippen LogP contribution in [-0.4, -0.2) is 33.9 Å². The lowest BCUT2D eigenvalue weighted by molar-refractivity contribution is -0.134. The molecule has 0 heterocycles. The van der Waals surface area contributed by atoms with Crippen LogP contribution in [-0.2, 0) is 44.1 Å². The van der Waals surface area contributed by atoms with Gasteiger partial charge in [0.05, 0.1) is 0 Å². The predicted octanol–water partition coefficient (Wildman–Crippen LogP) is 6.65. The Kier molecular flexibility index (Phi) is 10.2. The molecule has 0 aliphatic heterocycles. The number of phenols is 2. The van der Waals surface area contributed by atoms with Crippen molar-refractivity contribution in [1.82, 2.24) is 0 Å². The van der Waals surface area contributed by atoms with Crippen molar-refractivity contribution in [3.8, 4) is 11.5 Å². The van der Waals surface area contributed by atoms with E-state index in [4.69, 9.17) is 11.5 Å². The summed E-state index contributed by atoms with van der Waals surface area (Å²) in [6, 6.07) is 7.80. The molecule has 0 fully saturated rings. The molecule has 0 aliphatic carbocycles. The van der Waals surface area contributed by atoms with Gasteiger partial charge in [-0.25, -0.2) is 0 Å². The molecular formula is C36H56N2O4. The molecule has 234 valence electrons. The quantitative estimate of drug-likeness (QED) is 0.246. The summed E-state index contributed by atoms with van der Waals surface area (Å²) >= 11 is 0. The third-order valence-corrected chi connectivity index (χ3v) is 8.17. The molecule has 0 saturated heterocycles. The molecule has 2 aromatic carbocycles. The summed E-state index contributed by atoms with van der Waals surface area (Å²) in [5.74, 6) is -0.189. The van der Waals surface area contributed by atoms with Gasteiger partial charge in [-0.1, -0.05) is 107 Å². The van der Waals surface area contributed by atoms with Crippen molar-refractivity contribution in [2.24, 2.45) is 11.5 Å². The average molecular weight is 581 g/mol. The third kappa shape index (κ3) is 8.02. The molecule has 6 N–H and O–H groups in total. The average Bonchev–Trinajstić information content (AvgIpc) is 2.83. The molecule has 0 saturated carbocycles. The number of hydrogen-bond donors (Lipinski definition) is 4. The maximum absolute atomic E-state index is 13.5. The van der Waals surface area contributed by atoms with E-state index in [2.05, 4.69) is 0 Å². The maximum atomic E-state index is 13.5. The van der Waals surface area contributed by atoms with Crippen molar-refractivity contribution in [2.75, 3.05) is 6.54 Å². The summed E-state index contributed by atoms with van der Waals surface area (Å²) < 4.78 is 0. The van der Waals surface area contributed by atoms with Crippen molar-refractivity contribution in [1.29, 1.82) is 0 Å². The Balaban J connectivity index is 2.31. The van der Waals surface area contributed by atoms with Crippen LogP contribution in [0.25, 0.3) is 0 Å². The van der Waals surface area contributed by atoms with Crippen molar-refractivity contribution >= 4 is 11.6 Å². The lowest BCUT2D eigenvalue weighted by atomic mass is 9.77. The van der Waals surface area contributed by atoms with Gasteiger partial charge in [0.2, 0.25) is 0 Å². The molecule has 0 spiro atoms. The monoisotopic (exact) mass is 580 g/mol. The molecule has 0 unspecified atom stereocenters. The Bertz CT molecular complexity index is 1140. The van der Waals surface area contributed by atoms with Crippen LogP contribution in [0.4, 0.5) is 0 Å². The van der Waals surface area contributed by atoms with Crippen LogP contribution in [0, 0.1) is 0 Å². The SMILES string of the molecule is CC(C)(C)c1cc(CCC(=O)C(N)(CN)C(=O)CCc2cc(C(C)(C)C)c(O)c(C(C)(C)C)c2)cc(C(C)(C)C)c1O. The van der Waals surface area contributed by atoms with Gasteiger partial charge in [0, 0.05) is 19.4 Å². The number of nitrogens with two attached hydrogens (primary N) is 2. The van der Waals surface area contributed by atoms with E-state index in [0.717, 1.165) is 33.4 Å². The van der Waals surface area contributed by atoms with Crippen LogP contribution in [0.15, 0.2) is 24.3 Å². The van der Waals surface area contributed by atoms with E-state index in [1.54, 1.807) is 0 Å². The fourth-order valence-corrected chi connectivity index (χ4v) is 5.31. The molecule has 0 aromatic heterocycles. The number of Topliss-reactive ketones (excluding diaryl/α,β-unsaturated/α-hetero) is 2. The van der Waals surface area contributed by atoms with E-state index >= 15 is 0 Å². The number of ketones is 2. The van der Waals surface area contributed by atoms with Crippen molar-refractivity contribution in [3.63, 3.8) is 0 Å². The fraction of sp³-hybridized carbons (Fsp3) is 0.611. The van der Waals surface area contributed by atoms with Crippen LogP contribution >= 0.6 is 0 Å². The summed E-state index contributed by atoms with van der Waals surface area (Å²) in [5, 5.41) is 22.1. The first-order valence-corrected chi connectivity index (χ1v) is 15.1. The summed E-state index contributed by atoms with van der Waals surface area (Å²) in [4.78, 5) is 26.9. The normalized spacial score (nSPS) is 13.4. The van der Waals surface area contributed by atoms with Crippen LogP contribution in [0.3, 0.4) is 0 Å². The van der Waals surface area contributed by atoms with E-state index in [0.29, 0.717) is 12.8 Å². The minimum absolute atomic E-state index is 0.0684. The molecule has 0 aliphatic rings. The molecule has 2 rings (SSSR count). The van der Waals surface area contributed by atoms with Crippen LogP contribution in [0.2, 0.25) is 0 Å². The zero-order valence-electron chi connectivity index (χ0n) is 28.2. The smallest absolute Gasteiger partial charge is 0.161 e. The van der Waals surface area contributed by atoms with Crippen LogP contribution < -0.4 is 11.5 Å². The minimum Gasteiger partial charge on any atom is -0.507 e. The van der Waals surface area contributed by atoms with Gasteiger partial charge in [-0.3, -0.25) is 9.59 Å². The Morgan fingerprint density at radius 1 is 0.571 bits per heavy atom. The molecule has 0 amide bonds. The molecule has 42 heavy (non-hydrogen) atoms. The number of phenolic OH excluding ortho intramolecular Hbond substituents is 2. The molecule has 0 radical (unpaired) electrons. The number of benzene rings is 2. The standard InChI is InChI=1S/C36H56N2O4/c1-32(2,3)24-17-22(18-25(30(24)41)33(4,5)6)13-15-28(39)36(38,21-37)29(40)16-14-23-19-26(34(7,8)9)31(42)27(20-23)35(10,11)12/h17-20,41-42H,13-16,21,37-38H2,1-12H3. The van der Waals surface area contributed by atoms with Crippen molar-refractivity contribution < 1.29 is 19.8 Å². The first-order valence-electron chi connectivity index (χ1n) is 15.1. The highest BCUT2D eigenvalue weighted by Gasteiger charge is 2.39. The summed E-state index contributed by atoms with van der Waals surface area (Å²) in [6.07, 6.45) is 0.913. The Hall–Kier alpha value is -2.70. The first kappa shape index (κ1) is 35.5. The number of carbonyl (C=O) groups excluding carboxylic acids is 2. The van der Waals surface area contributed by atoms with Gasteiger partial charge in [0.15, 0.2) is 11.6 Å². The highest BCUT2D eigenvalue weighted by Crippen LogP contribution is 2.41. The number of rotatable bonds is 9. The topological polar surface area (TPSA) is 127 Å². The zero-order chi connectivity index (χ0) is 32.6. The molecule has 6 heteroatoms. The lowest BCUT2D eigenvalue weighted by Crippen LogP contribution is -2.60. The van der Waals surface area contributed by atoms with Gasteiger partial charge in [0.25, 0.3) is 0 Å². The Morgan fingerprint density at radius 3 is 1.00 bits per heavy atom. The summed E-state index contributed by atoms with van der Waals surface area (Å²) in [6.45, 7) is 24.3. The van der Waals surface area contributed by atoms with Crippen LogP contribution in [0.5, 0.6) is 11.5 Å². The number of carbonyl (C=O) groups is 2. The largest absolute Gasteiger partial charge is 0.507 e. The maximum Gasteiger partial charge on any atom is 0.161 e. The molecule has 0 atom stereocenters. The second-order valence-electron chi connectivity index (χ2n) is 16.1. The van der Waals surface area contributed by atoms with Gasteiger partial charge < -0.3 is 21.7 Å². The predicted molar refractivity (Wildman–Crippen MR) is 174 cm³/mol. The Morgan fingerprint density at radius 2 is 0.810 bits per heavy atom. The Labute approximate surface area is 254 Å². The number of aromatic hydroxyl groups is 2. The van der Waals surface area contributed by atoms with E-state index in [-0.39, 0.29) is 64.1 Å². The van der Waals surface area contributed by atoms with Crippen LogP contribution in [0.1, 0.15) is 129 Å². The van der Waals surface area contributed by atoms with E-state index in [1.165, 1.54) is 0 Å². The van der Waals surface area contributed by atoms with E-state index in [9.17, 15) is 19.8 Å². The van der Waals surface area contributed by atoms with Gasteiger partial charge in [0.1, 0.15) is 17.0 Å². The molecule has 0 bridgehead atoms. The van der Waals surface area contributed by atoms with E-state index in [1.807, 2.05) is 107 Å². The van der Waals surface area contributed by atoms with E-state index < -0.39 is 5.54 Å². The number of aryl methyl sites for hydroxylation is 2. The second kappa shape index (κ2) is 12.1. The zero-order valence-corrected chi connectivity index (χ0v) is 28.2. The van der Waals surface area contributed by atoms with Gasteiger partial charge in [-0.2, -0.15) is 0 Å². The molecule has 2 aromatic rings. The van der Waals surface area contributed by atoms with Gasteiger partial charge in [-0.15, -0.1) is 0 Å². The van der Waals surface area contributed by atoms with Gasteiger partial charge >= 0.3 is 0 Å². The third-order valence-electron chi connectivity index (χ3n) is 8.17. The summed E-state index contributed by atoms with van der Waals surface area (Å²) in [7, 11) is 0.